The van der Waals surface area contributed by atoms with E-state index in [1.54, 1.807) is 0 Å². The van der Waals surface area contributed by atoms with Crippen LogP contribution in [0.4, 0.5) is 0 Å². The van der Waals surface area contributed by atoms with E-state index in [1.165, 1.54) is 19.3 Å². The van der Waals surface area contributed by atoms with Crippen molar-refractivity contribution in [2.45, 2.75) is 78.1 Å². The van der Waals surface area contributed by atoms with Crippen LogP contribution in [-0.4, -0.2) is 23.7 Å². The van der Waals surface area contributed by atoms with Gasteiger partial charge in [0.05, 0.1) is 6.61 Å². The zero-order chi connectivity index (χ0) is 15.2. The van der Waals surface area contributed by atoms with Gasteiger partial charge in [-0.1, -0.05) is 39.5 Å². The van der Waals surface area contributed by atoms with Gasteiger partial charge in [-0.15, -0.1) is 0 Å². The molecule has 0 aromatic rings. The molecular weight excluding hydrogens is 256 g/mol. The molecule has 0 rings (SSSR count). The first-order chi connectivity index (χ1) is 9.60. The lowest BCUT2D eigenvalue weighted by Crippen LogP contribution is -2.14. The normalized spacial score (nSPS) is 12.1. The average Bonchev–Trinajstić information content (AvgIpc) is 2.41. The molecule has 118 valence electrons. The Labute approximate surface area is 122 Å². The fraction of sp³-hybridized carbons (Fsp3) is 0.875. The molecule has 0 amide bonds. The first-order valence-corrected chi connectivity index (χ1v) is 7.97. The fourth-order valence-electron chi connectivity index (χ4n) is 2.23. The zero-order valence-electron chi connectivity index (χ0n) is 13.0. The molecule has 1 atom stereocenters. The first kappa shape index (κ1) is 18.9. The van der Waals surface area contributed by atoms with Crippen LogP contribution in [0.2, 0.25) is 0 Å². The van der Waals surface area contributed by atoms with Crippen LogP contribution < -0.4 is 0 Å². The second kappa shape index (κ2) is 12.9. The minimum atomic E-state index is -0.808. The van der Waals surface area contributed by atoms with E-state index in [9.17, 15) is 9.59 Å². The quantitative estimate of drug-likeness (QED) is 0.407. The molecule has 0 fully saturated rings. The number of ether oxygens (including phenoxy) is 1. The molecule has 0 aliphatic rings. The molecule has 0 aliphatic heterocycles. The third-order valence-corrected chi connectivity index (χ3v) is 3.41. The van der Waals surface area contributed by atoms with Crippen LogP contribution in [0.25, 0.3) is 0 Å². The molecular formula is C16H30O4. The van der Waals surface area contributed by atoms with Gasteiger partial charge in [0.2, 0.25) is 0 Å². The van der Waals surface area contributed by atoms with Crippen molar-refractivity contribution in [1.29, 1.82) is 0 Å². The predicted molar refractivity (Wildman–Crippen MR) is 79.6 cm³/mol. The molecule has 0 saturated heterocycles. The summed E-state index contributed by atoms with van der Waals surface area (Å²) in [6.45, 7) is 4.86. The summed E-state index contributed by atoms with van der Waals surface area (Å²) in [5, 5.41) is 8.50. The maximum atomic E-state index is 11.6. The van der Waals surface area contributed by atoms with Crippen molar-refractivity contribution in [3.8, 4) is 0 Å². The molecule has 4 nitrogen and oxygen atoms in total. The van der Waals surface area contributed by atoms with Gasteiger partial charge in [-0.2, -0.15) is 0 Å². The monoisotopic (exact) mass is 286 g/mol. The highest BCUT2D eigenvalue weighted by atomic mass is 16.5. The van der Waals surface area contributed by atoms with E-state index in [2.05, 4.69) is 13.8 Å². The van der Waals surface area contributed by atoms with Crippen LogP contribution in [0.15, 0.2) is 0 Å². The number of rotatable bonds is 13. The van der Waals surface area contributed by atoms with Crippen LogP contribution in [0.5, 0.6) is 0 Å². The van der Waals surface area contributed by atoms with Crippen molar-refractivity contribution in [1.82, 2.24) is 0 Å². The van der Waals surface area contributed by atoms with Gasteiger partial charge in [0.25, 0.3) is 0 Å². The first-order valence-electron chi connectivity index (χ1n) is 7.97. The van der Waals surface area contributed by atoms with Crippen molar-refractivity contribution in [3.05, 3.63) is 0 Å². The minimum absolute atomic E-state index is 0.128. The Morgan fingerprint density at radius 1 is 0.950 bits per heavy atom. The average molecular weight is 286 g/mol. The molecule has 0 saturated carbocycles. The summed E-state index contributed by atoms with van der Waals surface area (Å²) in [7, 11) is 0. The molecule has 0 aromatic heterocycles. The lowest BCUT2D eigenvalue weighted by Gasteiger charge is -2.16. The molecule has 0 aliphatic carbocycles. The number of unbranched alkanes of at least 4 members (excludes halogenated alkanes) is 3. The van der Waals surface area contributed by atoms with Gasteiger partial charge in [0.15, 0.2) is 0 Å². The maximum absolute atomic E-state index is 11.6. The molecule has 1 unspecified atom stereocenters. The van der Waals surface area contributed by atoms with Crippen LogP contribution in [-0.2, 0) is 14.3 Å². The van der Waals surface area contributed by atoms with Gasteiger partial charge in [-0.3, -0.25) is 9.59 Å². The van der Waals surface area contributed by atoms with Crippen molar-refractivity contribution < 1.29 is 19.4 Å². The summed E-state index contributed by atoms with van der Waals surface area (Å²) in [5.41, 5.74) is 0. The number of carboxylic acids is 1. The predicted octanol–water partition coefficient (Wildman–Crippen LogP) is 4.17. The van der Waals surface area contributed by atoms with E-state index in [-0.39, 0.29) is 12.4 Å². The van der Waals surface area contributed by atoms with E-state index < -0.39 is 5.97 Å². The SMILES string of the molecule is CCCCCC(CCC)COC(=O)CCCCC(=O)O. The summed E-state index contributed by atoms with van der Waals surface area (Å²) in [4.78, 5) is 21.9. The van der Waals surface area contributed by atoms with Gasteiger partial charge in [0, 0.05) is 12.8 Å². The summed E-state index contributed by atoms with van der Waals surface area (Å²) < 4.78 is 5.31. The second-order valence-electron chi connectivity index (χ2n) is 5.43. The topological polar surface area (TPSA) is 63.6 Å². The summed E-state index contributed by atoms with van der Waals surface area (Å²) >= 11 is 0. The highest BCUT2D eigenvalue weighted by Crippen LogP contribution is 2.16. The standard InChI is InChI=1S/C16H30O4/c1-3-5-6-10-14(9-4-2)13-20-16(19)12-8-7-11-15(17)18/h14H,3-13H2,1-2H3,(H,17,18). The third kappa shape index (κ3) is 12.0. The van der Waals surface area contributed by atoms with Gasteiger partial charge < -0.3 is 9.84 Å². The van der Waals surface area contributed by atoms with Crippen molar-refractivity contribution in [2.75, 3.05) is 6.61 Å². The summed E-state index contributed by atoms with van der Waals surface area (Å²) in [6.07, 6.45) is 8.61. The smallest absolute Gasteiger partial charge is 0.305 e. The zero-order valence-corrected chi connectivity index (χ0v) is 13.0. The number of carboxylic acid groups (broad SMARTS) is 1. The third-order valence-electron chi connectivity index (χ3n) is 3.41. The highest BCUT2D eigenvalue weighted by molar-refractivity contribution is 5.69. The van der Waals surface area contributed by atoms with Gasteiger partial charge in [-0.25, -0.2) is 0 Å². The molecule has 0 radical (unpaired) electrons. The van der Waals surface area contributed by atoms with Crippen LogP contribution >= 0.6 is 0 Å². The number of esters is 1. The second-order valence-corrected chi connectivity index (χ2v) is 5.43. The largest absolute Gasteiger partial charge is 0.481 e. The Morgan fingerprint density at radius 2 is 1.65 bits per heavy atom. The van der Waals surface area contributed by atoms with Crippen LogP contribution in [0.3, 0.4) is 0 Å². The van der Waals surface area contributed by atoms with E-state index >= 15 is 0 Å². The van der Waals surface area contributed by atoms with Gasteiger partial charge in [-0.05, 0) is 31.6 Å². The van der Waals surface area contributed by atoms with Gasteiger partial charge in [0.1, 0.15) is 0 Å². The molecule has 1 N–H and O–H groups in total. The number of aliphatic carboxylic acids is 1. The summed E-state index contributed by atoms with van der Waals surface area (Å²) in [5.74, 6) is -0.515. The van der Waals surface area contributed by atoms with Crippen molar-refractivity contribution >= 4 is 11.9 Å². The molecule has 0 aromatic carbocycles. The number of hydrogen-bond donors (Lipinski definition) is 1. The Balaban J connectivity index is 3.72. The van der Waals surface area contributed by atoms with Crippen LogP contribution in [0, 0.1) is 5.92 Å². The summed E-state index contributed by atoms with van der Waals surface area (Å²) in [6, 6.07) is 0. The highest BCUT2D eigenvalue weighted by Gasteiger charge is 2.11. The molecule has 0 heterocycles. The molecule has 0 spiro atoms. The lowest BCUT2D eigenvalue weighted by atomic mass is 9.97. The van der Waals surface area contributed by atoms with Crippen molar-refractivity contribution in [2.24, 2.45) is 5.92 Å². The van der Waals surface area contributed by atoms with E-state index in [1.807, 2.05) is 0 Å². The van der Waals surface area contributed by atoms with Crippen molar-refractivity contribution in [3.63, 3.8) is 0 Å². The number of carbonyl (C=O) groups is 2. The Hall–Kier alpha value is -1.06. The molecule has 4 heteroatoms. The van der Waals surface area contributed by atoms with Crippen LogP contribution in [0.1, 0.15) is 78.1 Å². The minimum Gasteiger partial charge on any atom is -0.481 e. The Kier molecular flexibility index (Phi) is 12.3. The van der Waals surface area contributed by atoms with E-state index in [0.29, 0.717) is 31.8 Å². The number of carbonyl (C=O) groups excluding carboxylic acids is 1. The van der Waals surface area contributed by atoms with E-state index in [0.717, 1.165) is 19.3 Å². The van der Waals surface area contributed by atoms with Gasteiger partial charge >= 0.3 is 11.9 Å². The lowest BCUT2D eigenvalue weighted by molar-refractivity contribution is -0.145. The molecule has 20 heavy (non-hydrogen) atoms. The molecule has 0 bridgehead atoms. The van der Waals surface area contributed by atoms with E-state index in [4.69, 9.17) is 9.84 Å². The Bertz CT molecular complexity index is 263. The fourth-order valence-corrected chi connectivity index (χ4v) is 2.23. The number of hydrogen-bond acceptors (Lipinski definition) is 3. The Morgan fingerprint density at radius 3 is 2.25 bits per heavy atom. The maximum Gasteiger partial charge on any atom is 0.305 e.